The van der Waals surface area contributed by atoms with Crippen molar-refractivity contribution in [3.05, 3.63) is 57.9 Å². The number of amides is 2. The first kappa shape index (κ1) is 20.5. The van der Waals surface area contributed by atoms with Crippen LogP contribution >= 0.6 is 15.9 Å². The number of hydrogen-bond donors (Lipinski definition) is 2. The zero-order chi connectivity index (χ0) is 21.1. The van der Waals surface area contributed by atoms with Crippen molar-refractivity contribution in [1.82, 2.24) is 4.98 Å². The lowest BCUT2D eigenvalue weighted by atomic mass is 10.1. The van der Waals surface area contributed by atoms with E-state index in [0.717, 1.165) is 0 Å². The lowest BCUT2D eigenvalue weighted by molar-refractivity contribution is -0.115. The predicted molar refractivity (Wildman–Crippen MR) is 110 cm³/mol. The molecule has 3 aromatic rings. The van der Waals surface area contributed by atoms with Gasteiger partial charge in [-0.05, 0) is 45.8 Å². The fraction of sp³-hybridized carbons (Fsp3) is 0.150. The Balaban J connectivity index is 1.86. The molecule has 0 spiro atoms. The van der Waals surface area contributed by atoms with Gasteiger partial charge in [-0.15, -0.1) is 0 Å². The zero-order valence-corrected chi connectivity index (χ0v) is 17.2. The Bertz CT molecular complexity index is 1120. The van der Waals surface area contributed by atoms with Crippen LogP contribution in [0.5, 0.6) is 11.5 Å². The Hall–Kier alpha value is -3.20. The number of benzene rings is 2. The summed E-state index contributed by atoms with van der Waals surface area (Å²) in [5.41, 5.74) is 6.79. The number of halogens is 2. The van der Waals surface area contributed by atoms with Crippen LogP contribution in [0.4, 0.5) is 10.1 Å². The van der Waals surface area contributed by atoms with Gasteiger partial charge in [0.2, 0.25) is 5.91 Å². The van der Waals surface area contributed by atoms with E-state index >= 15 is 0 Å². The summed E-state index contributed by atoms with van der Waals surface area (Å²) in [6.45, 7) is 0. The van der Waals surface area contributed by atoms with Crippen LogP contribution < -0.4 is 20.5 Å². The second-order valence-corrected chi connectivity index (χ2v) is 6.91. The molecule has 0 atom stereocenters. The van der Waals surface area contributed by atoms with E-state index in [1.807, 2.05) is 0 Å². The summed E-state index contributed by atoms with van der Waals surface area (Å²) >= 11 is 3.16. The van der Waals surface area contributed by atoms with Gasteiger partial charge in [-0.25, -0.2) is 4.39 Å². The van der Waals surface area contributed by atoms with Gasteiger partial charge in [-0.2, -0.15) is 0 Å². The molecule has 29 heavy (non-hydrogen) atoms. The van der Waals surface area contributed by atoms with Crippen molar-refractivity contribution in [2.45, 2.75) is 6.42 Å². The SMILES string of the molecule is COc1cc(NC(=O)Cc2cnc3c(Br)c(F)ccc3c2)c(C(N)=O)cc1OC. The topological polar surface area (TPSA) is 104 Å². The van der Waals surface area contributed by atoms with E-state index in [1.54, 1.807) is 12.1 Å². The second kappa shape index (κ2) is 8.44. The number of carbonyl (C=O) groups is 2. The van der Waals surface area contributed by atoms with Gasteiger partial charge in [0.15, 0.2) is 11.5 Å². The molecule has 1 heterocycles. The van der Waals surface area contributed by atoms with Gasteiger partial charge in [0.25, 0.3) is 5.91 Å². The lowest BCUT2D eigenvalue weighted by Crippen LogP contribution is -2.20. The van der Waals surface area contributed by atoms with Gasteiger partial charge < -0.3 is 20.5 Å². The fourth-order valence-corrected chi connectivity index (χ4v) is 3.31. The van der Waals surface area contributed by atoms with Crippen molar-refractivity contribution in [3.63, 3.8) is 0 Å². The summed E-state index contributed by atoms with van der Waals surface area (Å²) in [6, 6.07) is 7.52. The van der Waals surface area contributed by atoms with E-state index in [1.165, 1.54) is 38.6 Å². The number of hydrogen-bond acceptors (Lipinski definition) is 5. The molecular formula is C20H17BrFN3O4. The van der Waals surface area contributed by atoms with Crippen molar-refractivity contribution in [2.24, 2.45) is 5.73 Å². The van der Waals surface area contributed by atoms with Gasteiger partial charge in [0, 0.05) is 17.6 Å². The van der Waals surface area contributed by atoms with E-state index in [9.17, 15) is 14.0 Å². The first-order valence-corrected chi connectivity index (χ1v) is 9.21. The summed E-state index contributed by atoms with van der Waals surface area (Å²) in [5, 5.41) is 3.35. The van der Waals surface area contributed by atoms with Gasteiger partial charge in [-0.3, -0.25) is 14.6 Å². The zero-order valence-electron chi connectivity index (χ0n) is 15.6. The van der Waals surface area contributed by atoms with Crippen LogP contribution in [-0.2, 0) is 11.2 Å². The third-order valence-corrected chi connectivity index (χ3v) is 4.98. The van der Waals surface area contributed by atoms with E-state index < -0.39 is 11.7 Å². The third kappa shape index (κ3) is 4.29. The number of nitrogens with zero attached hydrogens (tertiary/aromatic N) is 1. The molecular weight excluding hydrogens is 445 g/mol. The number of methoxy groups -OCH3 is 2. The highest BCUT2D eigenvalue weighted by atomic mass is 79.9. The number of pyridine rings is 1. The molecule has 0 aliphatic carbocycles. The van der Waals surface area contributed by atoms with Crippen molar-refractivity contribution in [2.75, 3.05) is 19.5 Å². The van der Waals surface area contributed by atoms with E-state index in [-0.39, 0.29) is 28.1 Å². The summed E-state index contributed by atoms with van der Waals surface area (Å²) in [7, 11) is 2.87. The molecule has 1 aromatic heterocycles. The van der Waals surface area contributed by atoms with Crippen LogP contribution in [0.1, 0.15) is 15.9 Å². The molecule has 0 aliphatic heterocycles. The maximum absolute atomic E-state index is 13.6. The van der Waals surface area contributed by atoms with Gasteiger partial charge in [-0.1, -0.05) is 0 Å². The summed E-state index contributed by atoms with van der Waals surface area (Å²) in [4.78, 5) is 28.5. The number of ether oxygens (including phenoxy) is 2. The number of anilines is 1. The van der Waals surface area contributed by atoms with Crippen LogP contribution in [0.25, 0.3) is 10.9 Å². The van der Waals surface area contributed by atoms with Crippen molar-refractivity contribution < 1.29 is 23.5 Å². The Labute approximate surface area is 174 Å². The summed E-state index contributed by atoms with van der Waals surface area (Å²) in [5.74, 6) is -0.867. The van der Waals surface area contributed by atoms with Crippen LogP contribution in [0.15, 0.2) is 41.0 Å². The van der Waals surface area contributed by atoms with Gasteiger partial charge in [0.05, 0.1) is 41.9 Å². The Kier molecular flexibility index (Phi) is 5.97. The summed E-state index contributed by atoms with van der Waals surface area (Å²) in [6.07, 6.45) is 1.49. The molecule has 3 rings (SSSR count). The average Bonchev–Trinajstić information content (AvgIpc) is 2.70. The quantitative estimate of drug-likeness (QED) is 0.585. The number of fused-ring (bicyclic) bond motifs is 1. The maximum Gasteiger partial charge on any atom is 0.250 e. The predicted octanol–water partition coefficient (Wildman–Crippen LogP) is 3.43. The minimum atomic E-state index is -0.722. The Morgan fingerprint density at radius 3 is 2.52 bits per heavy atom. The Morgan fingerprint density at radius 2 is 1.86 bits per heavy atom. The Morgan fingerprint density at radius 1 is 1.17 bits per heavy atom. The molecule has 0 fully saturated rings. The molecule has 0 radical (unpaired) electrons. The van der Waals surface area contributed by atoms with Crippen molar-refractivity contribution >= 4 is 44.3 Å². The lowest BCUT2D eigenvalue weighted by Gasteiger charge is -2.14. The van der Waals surface area contributed by atoms with Crippen molar-refractivity contribution in [1.29, 1.82) is 0 Å². The molecule has 0 saturated carbocycles. The van der Waals surface area contributed by atoms with E-state index in [4.69, 9.17) is 15.2 Å². The molecule has 0 unspecified atom stereocenters. The number of nitrogens with two attached hydrogens (primary N) is 1. The monoisotopic (exact) mass is 461 g/mol. The molecule has 2 aromatic carbocycles. The van der Waals surface area contributed by atoms with Gasteiger partial charge >= 0.3 is 0 Å². The molecule has 3 N–H and O–H groups in total. The number of nitrogens with one attached hydrogen (secondary N) is 1. The first-order valence-electron chi connectivity index (χ1n) is 8.42. The van der Waals surface area contributed by atoms with E-state index in [2.05, 4.69) is 26.2 Å². The van der Waals surface area contributed by atoms with Crippen LogP contribution in [-0.4, -0.2) is 31.0 Å². The second-order valence-electron chi connectivity index (χ2n) is 6.12. The third-order valence-electron chi connectivity index (χ3n) is 4.23. The number of carbonyl (C=O) groups excluding carboxylic acids is 2. The van der Waals surface area contributed by atoms with Gasteiger partial charge in [0.1, 0.15) is 5.82 Å². The highest BCUT2D eigenvalue weighted by Crippen LogP contribution is 2.33. The molecule has 2 amide bonds. The van der Waals surface area contributed by atoms with Crippen molar-refractivity contribution in [3.8, 4) is 11.5 Å². The van der Waals surface area contributed by atoms with Crippen LogP contribution in [0.2, 0.25) is 0 Å². The summed E-state index contributed by atoms with van der Waals surface area (Å²) < 4.78 is 24.2. The average molecular weight is 462 g/mol. The fourth-order valence-electron chi connectivity index (χ4n) is 2.85. The number of rotatable bonds is 6. The molecule has 9 heteroatoms. The highest BCUT2D eigenvalue weighted by Gasteiger charge is 2.17. The molecule has 0 saturated heterocycles. The van der Waals surface area contributed by atoms with E-state index in [0.29, 0.717) is 28.0 Å². The number of primary amides is 1. The minimum absolute atomic E-state index is 0.00944. The molecule has 7 nitrogen and oxygen atoms in total. The normalized spacial score (nSPS) is 10.6. The first-order chi connectivity index (χ1) is 13.8. The molecule has 150 valence electrons. The number of aromatic nitrogens is 1. The molecule has 0 bridgehead atoms. The smallest absolute Gasteiger partial charge is 0.250 e. The molecule has 0 aliphatic rings. The standard InChI is InChI=1S/C20H17BrFN3O4/c1-28-15-7-12(20(23)27)14(8-16(15)29-2)25-17(26)6-10-5-11-3-4-13(22)18(21)19(11)24-9-10/h3-5,7-9H,6H2,1-2H3,(H2,23,27)(H,25,26). The largest absolute Gasteiger partial charge is 0.493 e. The highest BCUT2D eigenvalue weighted by molar-refractivity contribution is 9.10. The minimum Gasteiger partial charge on any atom is -0.493 e. The van der Waals surface area contributed by atoms with Crippen LogP contribution in [0, 0.1) is 5.82 Å². The van der Waals surface area contributed by atoms with Crippen LogP contribution in [0.3, 0.4) is 0 Å². The maximum atomic E-state index is 13.6.